The molecule has 0 fully saturated rings. The second kappa shape index (κ2) is 11.2. The van der Waals surface area contributed by atoms with Gasteiger partial charge >= 0.3 is 0 Å². The molecule has 0 saturated heterocycles. The van der Waals surface area contributed by atoms with Crippen LogP contribution in [-0.2, 0) is 0 Å². The van der Waals surface area contributed by atoms with Crippen molar-refractivity contribution in [3.63, 3.8) is 0 Å². The van der Waals surface area contributed by atoms with Crippen LogP contribution < -0.4 is 0 Å². The topological polar surface area (TPSA) is 54.5 Å². The van der Waals surface area contributed by atoms with Crippen LogP contribution in [0, 0.1) is 0 Å². The van der Waals surface area contributed by atoms with E-state index in [0.29, 0.717) is 0 Å². The number of benzene rings is 7. The Morgan fingerprint density at radius 1 is 0.451 bits per heavy atom. The van der Waals surface area contributed by atoms with E-state index < -0.39 is 0 Å². The third kappa shape index (κ3) is 4.47. The minimum absolute atomic E-state index is 0.739. The Bertz CT molecular complexity index is 3140. The number of para-hydroxylation sites is 1. The monoisotopic (exact) mass is 686 g/mol. The van der Waals surface area contributed by atoms with Crippen molar-refractivity contribution in [1.29, 1.82) is 0 Å². The van der Waals surface area contributed by atoms with Crippen molar-refractivity contribution < 1.29 is 0 Å². The van der Waals surface area contributed by atoms with E-state index in [2.05, 4.69) is 157 Å². The Morgan fingerprint density at radius 3 is 2.06 bits per heavy atom. The summed E-state index contributed by atoms with van der Waals surface area (Å²) in [6.07, 6.45) is 0. The molecule has 4 aromatic heterocycles. The number of hydrogen-bond donors (Lipinski definition) is 1. The lowest BCUT2D eigenvalue weighted by Crippen LogP contribution is -1.95. The van der Waals surface area contributed by atoms with Crippen LogP contribution in [0.2, 0.25) is 0 Å². The van der Waals surface area contributed by atoms with Crippen LogP contribution in [0.15, 0.2) is 152 Å². The van der Waals surface area contributed by atoms with Crippen LogP contribution in [0.4, 0.5) is 0 Å². The number of fused-ring (bicyclic) bond motifs is 9. The summed E-state index contributed by atoms with van der Waals surface area (Å²) < 4.78 is 3.66. The maximum absolute atomic E-state index is 5.38. The summed E-state index contributed by atoms with van der Waals surface area (Å²) >= 11 is 3.56. The van der Waals surface area contributed by atoms with E-state index in [0.717, 1.165) is 77.2 Å². The SMILES string of the molecule is c1ccc(-c2nc3cc(-c4ccccc4)c4[nH]c5ccc(-c6nc(-c7cccc8c7sc7ccccc78)nc7ccccc67)cc5c4c3s2)cc1. The minimum Gasteiger partial charge on any atom is -0.354 e. The Labute approximate surface area is 300 Å². The quantitative estimate of drug-likeness (QED) is 0.200. The zero-order valence-corrected chi connectivity index (χ0v) is 28.7. The molecule has 51 heavy (non-hydrogen) atoms. The summed E-state index contributed by atoms with van der Waals surface area (Å²) in [5, 5.41) is 6.91. The summed E-state index contributed by atoms with van der Waals surface area (Å²) in [6, 6.07) is 53.5. The van der Waals surface area contributed by atoms with Crippen molar-refractivity contribution in [1.82, 2.24) is 19.9 Å². The molecule has 0 aliphatic rings. The number of thiophene rings is 1. The molecule has 0 aliphatic heterocycles. The lowest BCUT2D eigenvalue weighted by atomic mass is 9.99. The first-order valence-electron chi connectivity index (χ1n) is 16.9. The molecule has 0 amide bonds. The van der Waals surface area contributed by atoms with Crippen molar-refractivity contribution in [2.45, 2.75) is 0 Å². The number of aromatic amines is 1. The number of nitrogens with zero attached hydrogens (tertiary/aromatic N) is 3. The zero-order chi connectivity index (χ0) is 33.5. The average Bonchev–Trinajstić information content (AvgIpc) is 3.91. The molecule has 0 unspecified atom stereocenters. The van der Waals surface area contributed by atoms with E-state index >= 15 is 0 Å². The van der Waals surface area contributed by atoms with E-state index in [1.54, 1.807) is 22.7 Å². The number of thiazole rings is 1. The molecule has 0 atom stereocenters. The molecular weight excluding hydrogens is 661 g/mol. The van der Waals surface area contributed by atoms with Gasteiger partial charge in [0.05, 0.1) is 26.9 Å². The lowest BCUT2D eigenvalue weighted by Gasteiger charge is -2.10. The number of nitrogens with one attached hydrogen (secondary N) is 1. The fourth-order valence-electron chi connectivity index (χ4n) is 7.48. The van der Waals surface area contributed by atoms with E-state index in [4.69, 9.17) is 15.0 Å². The summed E-state index contributed by atoms with van der Waals surface area (Å²) in [4.78, 5) is 19.6. The van der Waals surface area contributed by atoms with Gasteiger partial charge in [0.15, 0.2) is 5.82 Å². The molecule has 6 heteroatoms. The second-order valence-electron chi connectivity index (χ2n) is 12.9. The molecule has 0 radical (unpaired) electrons. The molecule has 4 heterocycles. The second-order valence-corrected chi connectivity index (χ2v) is 14.9. The maximum Gasteiger partial charge on any atom is 0.161 e. The predicted octanol–water partition coefficient (Wildman–Crippen LogP) is 12.9. The largest absolute Gasteiger partial charge is 0.354 e. The van der Waals surface area contributed by atoms with Crippen LogP contribution in [0.3, 0.4) is 0 Å². The molecule has 7 aromatic carbocycles. The van der Waals surface area contributed by atoms with Gasteiger partial charge in [0.25, 0.3) is 0 Å². The predicted molar refractivity (Wildman–Crippen MR) is 217 cm³/mol. The normalized spacial score (nSPS) is 11.9. The molecule has 11 rings (SSSR count). The number of hydrogen-bond acceptors (Lipinski definition) is 5. The first-order chi connectivity index (χ1) is 25.3. The van der Waals surface area contributed by atoms with Crippen molar-refractivity contribution in [2.24, 2.45) is 0 Å². The highest BCUT2D eigenvalue weighted by Crippen LogP contribution is 2.45. The molecule has 1 N–H and O–H groups in total. The molecule has 0 aliphatic carbocycles. The third-order valence-corrected chi connectivity index (χ3v) is 12.2. The molecule has 11 aromatic rings. The highest BCUT2D eigenvalue weighted by atomic mass is 32.1. The maximum atomic E-state index is 5.38. The van der Waals surface area contributed by atoms with Gasteiger partial charge in [-0.05, 0) is 42.0 Å². The van der Waals surface area contributed by atoms with Crippen LogP contribution in [0.5, 0.6) is 0 Å². The molecular formula is C45H26N4S2. The van der Waals surface area contributed by atoms with Gasteiger partial charge in [-0.2, -0.15) is 0 Å². The Kier molecular flexibility index (Phi) is 6.26. The minimum atomic E-state index is 0.739. The fraction of sp³-hybridized carbons (Fsp3) is 0. The number of H-pyrrole nitrogens is 1. The van der Waals surface area contributed by atoms with E-state index in [9.17, 15) is 0 Å². The van der Waals surface area contributed by atoms with Gasteiger partial charge in [-0.15, -0.1) is 22.7 Å². The van der Waals surface area contributed by atoms with E-state index in [1.165, 1.54) is 30.3 Å². The smallest absolute Gasteiger partial charge is 0.161 e. The number of aromatic nitrogens is 4. The van der Waals surface area contributed by atoms with Crippen LogP contribution in [-0.4, -0.2) is 19.9 Å². The Hall–Kier alpha value is -6.21. The molecule has 0 bridgehead atoms. The van der Waals surface area contributed by atoms with Crippen LogP contribution in [0.25, 0.3) is 107 Å². The molecule has 4 nitrogen and oxygen atoms in total. The molecule has 238 valence electrons. The van der Waals surface area contributed by atoms with Crippen molar-refractivity contribution >= 4 is 85.8 Å². The zero-order valence-electron chi connectivity index (χ0n) is 27.1. The fourth-order valence-corrected chi connectivity index (χ4v) is 9.81. The van der Waals surface area contributed by atoms with Crippen molar-refractivity contribution in [3.8, 4) is 44.3 Å². The lowest BCUT2D eigenvalue weighted by molar-refractivity contribution is 1.24. The van der Waals surface area contributed by atoms with Crippen molar-refractivity contribution in [3.05, 3.63) is 152 Å². The number of rotatable bonds is 4. The summed E-state index contributed by atoms with van der Waals surface area (Å²) in [6.45, 7) is 0. The van der Waals surface area contributed by atoms with Crippen molar-refractivity contribution in [2.75, 3.05) is 0 Å². The first-order valence-corrected chi connectivity index (χ1v) is 18.6. The van der Waals surface area contributed by atoms with Gasteiger partial charge in [0, 0.05) is 64.1 Å². The summed E-state index contributed by atoms with van der Waals surface area (Å²) in [5.74, 6) is 0.739. The summed E-state index contributed by atoms with van der Waals surface area (Å²) in [5.41, 5.74) is 10.6. The van der Waals surface area contributed by atoms with E-state index in [1.807, 2.05) is 0 Å². The molecule has 0 spiro atoms. The average molecular weight is 687 g/mol. The Morgan fingerprint density at radius 2 is 1.20 bits per heavy atom. The highest BCUT2D eigenvalue weighted by molar-refractivity contribution is 7.26. The highest BCUT2D eigenvalue weighted by Gasteiger charge is 2.20. The van der Waals surface area contributed by atoms with Gasteiger partial charge in [-0.1, -0.05) is 115 Å². The van der Waals surface area contributed by atoms with Gasteiger partial charge in [0.2, 0.25) is 0 Å². The first kappa shape index (κ1) is 28.6. The molecule has 0 saturated carbocycles. The summed E-state index contributed by atoms with van der Waals surface area (Å²) in [7, 11) is 0. The van der Waals surface area contributed by atoms with E-state index in [-0.39, 0.29) is 0 Å². The van der Waals surface area contributed by atoms with Crippen LogP contribution in [0.1, 0.15) is 0 Å². The van der Waals surface area contributed by atoms with Gasteiger partial charge in [-0.3, -0.25) is 0 Å². The van der Waals surface area contributed by atoms with Gasteiger partial charge < -0.3 is 4.98 Å². The van der Waals surface area contributed by atoms with Crippen LogP contribution >= 0.6 is 22.7 Å². The van der Waals surface area contributed by atoms with Gasteiger partial charge in [-0.25, -0.2) is 15.0 Å². The third-order valence-electron chi connectivity index (χ3n) is 9.86. The Balaban J connectivity index is 1.18. The standard InChI is InChI=1S/C45H26N4S2/c1-3-12-26(13-4-1)33-25-37-43(51-45(48-37)27-14-5-2-6-15-27)39-34-24-28(22-23-36(34)46-41(33)39)40-31-17-7-9-20-35(31)47-44(49-40)32-19-11-18-30-29-16-8-10-21-38(29)50-42(30)32/h1-25,46H. The van der Waals surface area contributed by atoms with Gasteiger partial charge in [0.1, 0.15) is 5.01 Å².